The Kier molecular flexibility index (Phi) is 4.70. The molecule has 0 saturated carbocycles. The first-order chi connectivity index (χ1) is 12.8. The van der Waals surface area contributed by atoms with E-state index in [4.69, 9.17) is 4.84 Å². The Morgan fingerprint density at radius 2 is 1.77 bits per heavy atom. The van der Waals surface area contributed by atoms with Crippen molar-refractivity contribution in [2.75, 3.05) is 6.61 Å². The second kappa shape index (κ2) is 7.45. The highest BCUT2D eigenvalue weighted by Crippen LogP contribution is 2.25. The summed E-state index contributed by atoms with van der Waals surface area (Å²) in [6.45, 7) is 2.35. The van der Waals surface area contributed by atoms with Crippen LogP contribution in [0.1, 0.15) is 18.3 Å². The summed E-state index contributed by atoms with van der Waals surface area (Å²) < 4.78 is 1.78. The van der Waals surface area contributed by atoms with Crippen LogP contribution in [0.5, 0.6) is 0 Å². The number of nitrogens with zero attached hydrogens (tertiary/aromatic N) is 5. The standard InChI is InChI=1S/C19H17N5OS/c1-14(15-8-4-2-5-9-15)23-25-13-12-17-20-21-19-24(17)22-18(26-19)16-10-6-3-7-11-16/h2-11H,12-13H2,1H3/b23-14+. The SMILES string of the molecule is C/C(=N\OCCc1nnc2sc(-c3ccccc3)nn12)c1ccccc1. The second-order valence-corrected chi connectivity index (χ2v) is 6.67. The van der Waals surface area contributed by atoms with Crippen molar-refractivity contribution in [3.05, 3.63) is 72.1 Å². The van der Waals surface area contributed by atoms with E-state index in [-0.39, 0.29) is 0 Å². The lowest BCUT2D eigenvalue weighted by Crippen LogP contribution is -2.03. The topological polar surface area (TPSA) is 64.7 Å². The van der Waals surface area contributed by atoms with Gasteiger partial charge in [-0.15, -0.1) is 10.2 Å². The fourth-order valence-corrected chi connectivity index (χ4v) is 3.39. The van der Waals surface area contributed by atoms with Gasteiger partial charge < -0.3 is 4.84 Å². The van der Waals surface area contributed by atoms with Crippen LogP contribution in [0.3, 0.4) is 0 Å². The highest BCUT2D eigenvalue weighted by atomic mass is 32.1. The average Bonchev–Trinajstić information content (AvgIpc) is 3.28. The first-order valence-electron chi connectivity index (χ1n) is 8.30. The molecule has 6 nitrogen and oxygen atoms in total. The Hall–Kier alpha value is -3.06. The van der Waals surface area contributed by atoms with Crippen LogP contribution in [0, 0.1) is 0 Å². The van der Waals surface area contributed by atoms with Crippen molar-refractivity contribution in [2.45, 2.75) is 13.3 Å². The molecule has 2 aromatic heterocycles. The molecule has 0 radical (unpaired) electrons. The number of aromatic nitrogens is 4. The van der Waals surface area contributed by atoms with Crippen LogP contribution in [-0.2, 0) is 11.3 Å². The molecule has 0 atom stereocenters. The van der Waals surface area contributed by atoms with Crippen LogP contribution in [-0.4, -0.2) is 32.1 Å². The molecule has 0 aliphatic rings. The predicted molar refractivity (Wildman–Crippen MR) is 102 cm³/mol. The molecule has 0 amide bonds. The number of oxime groups is 1. The molecule has 7 heteroatoms. The summed E-state index contributed by atoms with van der Waals surface area (Å²) in [6.07, 6.45) is 0.588. The zero-order chi connectivity index (χ0) is 17.8. The molecule has 4 aromatic rings. The minimum atomic E-state index is 0.420. The molecule has 0 saturated heterocycles. The van der Waals surface area contributed by atoms with Gasteiger partial charge in [0.15, 0.2) is 5.82 Å². The van der Waals surface area contributed by atoms with Gasteiger partial charge in [0.25, 0.3) is 0 Å². The molecule has 130 valence electrons. The van der Waals surface area contributed by atoms with Gasteiger partial charge in [-0.25, -0.2) is 0 Å². The second-order valence-electron chi connectivity index (χ2n) is 5.71. The van der Waals surface area contributed by atoms with Gasteiger partial charge in [-0.2, -0.15) is 9.61 Å². The lowest BCUT2D eigenvalue weighted by Gasteiger charge is -2.01. The molecule has 0 fully saturated rings. The van der Waals surface area contributed by atoms with Crippen LogP contribution in [0.25, 0.3) is 15.5 Å². The lowest BCUT2D eigenvalue weighted by molar-refractivity contribution is 0.146. The first kappa shape index (κ1) is 16.4. The fraction of sp³-hybridized carbons (Fsp3) is 0.158. The monoisotopic (exact) mass is 363 g/mol. The molecule has 0 spiro atoms. The van der Waals surface area contributed by atoms with Gasteiger partial charge in [0.05, 0.1) is 5.71 Å². The van der Waals surface area contributed by atoms with Crippen LogP contribution in [0.2, 0.25) is 0 Å². The van der Waals surface area contributed by atoms with E-state index < -0.39 is 0 Å². The zero-order valence-corrected chi connectivity index (χ0v) is 15.1. The highest BCUT2D eigenvalue weighted by Gasteiger charge is 2.12. The Morgan fingerprint density at radius 1 is 1.04 bits per heavy atom. The third-order valence-corrected chi connectivity index (χ3v) is 4.83. The van der Waals surface area contributed by atoms with Crippen LogP contribution < -0.4 is 0 Å². The maximum absolute atomic E-state index is 5.45. The summed E-state index contributed by atoms with van der Waals surface area (Å²) in [4.78, 5) is 6.23. The summed E-state index contributed by atoms with van der Waals surface area (Å²) >= 11 is 1.52. The zero-order valence-electron chi connectivity index (χ0n) is 14.2. The summed E-state index contributed by atoms with van der Waals surface area (Å²) in [5.41, 5.74) is 2.97. The summed E-state index contributed by atoms with van der Waals surface area (Å²) in [5, 5.41) is 18.1. The molecule has 0 bridgehead atoms. The summed E-state index contributed by atoms with van der Waals surface area (Å²) in [5.74, 6) is 0.769. The van der Waals surface area contributed by atoms with Crippen LogP contribution in [0.15, 0.2) is 65.8 Å². The summed E-state index contributed by atoms with van der Waals surface area (Å²) in [7, 11) is 0. The molecule has 26 heavy (non-hydrogen) atoms. The molecule has 0 unspecified atom stereocenters. The molecular formula is C19H17N5OS. The quantitative estimate of drug-likeness (QED) is 0.297. The number of hydrogen-bond acceptors (Lipinski definition) is 6. The molecular weight excluding hydrogens is 346 g/mol. The maximum Gasteiger partial charge on any atom is 0.234 e. The van der Waals surface area contributed by atoms with Gasteiger partial charge >= 0.3 is 0 Å². The van der Waals surface area contributed by atoms with E-state index in [1.54, 1.807) is 4.52 Å². The van der Waals surface area contributed by atoms with Crippen molar-refractivity contribution < 1.29 is 4.84 Å². The van der Waals surface area contributed by atoms with Crippen molar-refractivity contribution in [1.82, 2.24) is 19.8 Å². The van der Waals surface area contributed by atoms with Crippen LogP contribution in [0.4, 0.5) is 0 Å². The van der Waals surface area contributed by atoms with Gasteiger partial charge in [-0.1, -0.05) is 77.2 Å². The van der Waals surface area contributed by atoms with Crippen molar-refractivity contribution in [1.29, 1.82) is 0 Å². The van der Waals surface area contributed by atoms with E-state index in [2.05, 4.69) is 20.5 Å². The van der Waals surface area contributed by atoms with Gasteiger partial charge in [-0.05, 0) is 12.5 Å². The minimum absolute atomic E-state index is 0.420. The Morgan fingerprint density at radius 3 is 2.54 bits per heavy atom. The average molecular weight is 363 g/mol. The fourth-order valence-electron chi connectivity index (χ4n) is 2.52. The minimum Gasteiger partial charge on any atom is -0.395 e. The largest absolute Gasteiger partial charge is 0.395 e. The van der Waals surface area contributed by atoms with Crippen molar-refractivity contribution >= 4 is 22.0 Å². The number of hydrogen-bond donors (Lipinski definition) is 0. The number of rotatable bonds is 6. The van der Waals surface area contributed by atoms with E-state index in [1.807, 2.05) is 67.6 Å². The predicted octanol–water partition coefficient (Wildman–Crippen LogP) is 3.84. The van der Waals surface area contributed by atoms with Crippen LogP contribution >= 0.6 is 11.3 Å². The highest BCUT2D eigenvalue weighted by molar-refractivity contribution is 7.19. The Balaban J connectivity index is 1.42. The number of benzene rings is 2. The van der Waals surface area contributed by atoms with Gasteiger partial charge in [-0.3, -0.25) is 0 Å². The van der Waals surface area contributed by atoms with E-state index >= 15 is 0 Å². The van der Waals surface area contributed by atoms with Crippen molar-refractivity contribution in [3.63, 3.8) is 0 Å². The Labute approximate surface area is 154 Å². The molecule has 2 aromatic carbocycles. The smallest absolute Gasteiger partial charge is 0.234 e. The lowest BCUT2D eigenvalue weighted by atomic mass is 10.1. The van der Waals surface area contributed by atoms with Gasteiger partial charge in [0.1, 0.15) is 11.6 Å². The van der Waals surface area contributed by atoms with E-state index in [9.17, 15) is 0 Å². The third-order valence-electron chi connectivity index (χ3n) is 3.89. The van der Waals surface area contributed by atoms with Gasteiger partial charge in [0.2, 0.25) is 4.96 Å². The molecule has 0 aliphatic heterocycles. The van der Waals surface area contributed by atoms with Crippen molar-refractivity contribution in [3.8, 4) is 10.6 Å². The molecule has 0 N–H and O–H groups in total. The maximum atomic E-state index is 5.45. The molecule has 0 aliphatic carbocycles. The number of fused-ring (bicyclic) bond motifs is 1. The van der Waals surface area contributed by atoms with Gasteiger partial charge in [0, 0.05) is 12.0 Å². The van der Waals surface area contributed by atoms with E-state index in [0.717, 1.165) is 32.6 Å². The van der Waals surface area contributed by atoms with Crippen molar-refractivity contribution in [2.24, 2.45) is 5.16 Å². The molecule has 2 heterocycles. The normalized spacial score (nSPS) is 11.8. The van der Waals surface area contributed by atoms with E-state index in [1.165, 1.54) is 11.3 Å². The summed E-state index contributed by atoms with van der Waals surface area (Å²) in [6, 6.07) is 20.0. The van der Waals surface area contributed by atoms with E-state index in [0.29, 0.717) is 13.0 Å². The Bertz CT molecular complexity index is 1020. The molecule has 4 rings (SSSR count). The first-order valence-corrected chi connectivity index (χ1v) is 9.11. The third kappa shape index (κ3) is 3.48.